The van der Waals surface area contributed by atoms with Crippen molar-refractivity contribution in [2.45, 2.75) is 6.04 Å². The van der Waals surface area contributed by atoms with Crippen LogP contribution in [0.5, 0.6) is 0 Å². The Morgan fingerprint density at radius 3 is 2.64 bits per heavy atom. The average Bonchev–Trinajstić information content (AvgIpc) is 2.19. The van der Waals surface area contributed by atoms with Gasteiger partial charge in [0.1, 0.15) is 0 Å². The zero-order valence-corrected chi connectivity index (χ0v) is 8.98. The number of morpholine rings is 1. The molecule has 0 radical (unpaired) electrons. The van der Waals surface area contributed by atoms with Gasteiger partial charge < -0.3 is 10.1 Å². The van der Waals surface area contributed by atoms with E-state index in [0.29, 0.717) is 16.7 Å². The second kappa shape index (κ2) is 4.45. The normalized spacial score (nSPS) is 22.3. The number of halogens is 2. The molecule has 14 heavy (non-hydrogen) atoms. The first-order valence-electron chi connectivity index (χ1n) is 4.39. The molecule has 1 N–H and O–H groups in total. The van der Waals surface area contributed by atoms with Crippen molar-refractivity contribution in [1.82, 2.24) is 10.3 Å². The topological polar surface area (TPSA) is 34.1 Å². The van der Waals surface area contributed by atoms with Crippen molar-refractivity contribution < 1.29 is 4.74 Å². The van der Waals surface area contributed by atoms with Crippen molar-refractivity contribution in [3.63, 3.8) is 0 Å². The Hall–Kier alpha value is -0.350. The third kappa shape index (κ3) is 2.01. The van der Waals surface area contributed by atoms with Gasteiger partial charge in [0.25, 0.3) is 0 Å². The number of nitrogens with zero attached hydrogens (tertiary/aromatic N) is 1. The van der Waals surface area contributed by atoms with Crippen molar-refractivity contribution >= 4 is 23.2 Å². The van der Waals surface area contributed by atoms with Gasteiger partial charge in [-0.1, -0.05) is 23.2 Å². The SMILES string of the molecule is Clc1cncc(Cl)c1[C@@H]1COCCN1. The second-order valence-corrected chi connectivity index (χ2v) is 3.91. The summed E-state index contributed by atoms with van der Waals surface area (Å²) in [6.45, 7) is 2.15. The lowest BCUT2D eigenvalue weighted by atomic mass is 10.1. The van der Waals surface area contributed by atoms with Crippen LogP contribution in [0.15, 0.2) is 12.4 Å². The molecule has 1 aromatic rings. The summed E-state index contributed by atoms with van der Waals surface area (Å²) in [5.74, 6) is 0. The third-order valence-corrected chi connectivity index (χ3v) is 2.76. The second-order valence-electron chi connectivity index (χ2n) is 3.10. The lowest BCUT2D eigenvalue weighted by molar-refractivity contribution is 0.0769. The van der Waals surface area contributed by atoms with Gasteiger partial charge in [-0.15, -0.1) is 0 Å². The Morgan fingerprint density at radius 2 is 2.07 bits per heavy atom. The van der Waals surface area contributed by atoms with Gasteiger partial charge in [-0.05, 0) is 0 Å². The predicted octanol–water partition coefficient (Wildman–Crippen LogP) is 2.05. The van der Waals surface area contributed by atoms with Crippen LogP contribution in [0.4, 0.5) is 0 Å². The van der Waals surface area contributed by atoms with Crippen LogP contribution >= 0.6 is 23.2 Å². The van der Waals surface area contributed by atoms with E-state index in [-0.39, 0.29) is 6.04 Å². The standard InChI is InChI=1S/C9H10Cl2N2O/c10-6-3-12-4-7(11)9(6)8-5-14-2-1-13-8/h3-4,8,13H,1-2,5H2/t8-/m0/s1. The molecule has 0 unspecified atom stereocenters. The minimum atomic E-state index is 0.0757. The zero-order valence-electron chi connectivity index (χ0n) is 7.46. The molecule has 0 amide bonds. The lowest BCUT2D eigenvalue weighted by Gasteiger charge is -2.25. The van der Waals surface area contributed by atoms with E-state index in [0.717, 1.165) is 18.7 Å². The fourth-order valence-corrected chi connectivity index (χ4v) is 2.13. The fourth-order valence-electron chi connectivity index (χ4n) is 1.51. The monoisotopic (exact) mass is 232 g/mol. The highest BCUT2D eigenvalue weighted by Gasteiger charge is 2.20. The minimum Gasteiger partial charge on any atom is -0.378 e. The van der Waals surface area contributed by atoms with Gasteiger partial charge >= 0.3 is 0 Å². The van der Waals surface area contributed by atoms with Crippen molar-refractivity contribution in [2.75, 3.05) is 19.8 Å². The molecular weight excluding hydrogens is 223 g/mol. The summed E-state index contributed by atoms with van der Waals surface area (Å²) < 4.78 is 5.35. The number of pyridine rings is 1. The van der Waals surface area contributed by atoms with E-state index < -0.39 is 0 Å². The van der Waals surface area contributed by atoms with Crippen LogP contribution in [0.1, 0.15) is 11.6 Å². The number of rotatable bonds is 1. The Labute approximate surface area is 92.4 Å². The molecule has 1 fully saturated rings. The van der Waals surface area contributed by atoms with Crippen LogP contribution in [0, 0.1) is 0 Å². The summed E-state index contributed by atoms with van der Waals surface area (Å²) in [6, 6.07) is 0.0757. The molecule has 0 saturated carbocycles. The predicted molar refractivity (Wildman–Crippen MR) is 55.8 cm³/mol. The molecule has 1 saturated heterocycles. The number of hydrogen-bond acceptors (Lipinski definition) is 3. The Balaban J connectivity index is 2.29. The van der Waals surface area contributed by atoms with E-state index in [9.17, 15) is 0 Å². The van der Waals surface area contributed by atoms with Gasteiger partial charge in [0.15, 0.2) is 0 Å². The smallest absolute Gasteiger partial charge is 0.0663 e. The number of nitrogens with one attached hydrogen (secondary N) is 1. The summed E-state index contributed by atoms with van der Waals surface area (Å²) in [6.07, 6.45) is 3.19. The highest BCUT2D eigenvalue weighted by atomic mass is 35.5. The first kappa shape index (κ1) is 10.2. The van der Waals surface area contributed by atoms with Gasteiger partial charge in [0, 0.05) is 24.5 Å². The summed E-state index contributed by atoms with van der Waals surface area (Å²) in [5.41, 5.74) is 0.878. The van der Waals surface area contributed by atoms with Crippen molar-refractivity contribution in [2.24, 2.45) is 0 Å². The zero-order chi connectivity index (χ0) is 9.97. The Bertz CT molecular complexity index is 306. The molecule has 76 valence electrons. The molecule has 1 aliphatic rings. The molecule has 1 aliphatic heterocycles. The average molecular weight is 233 g/mol. The molecule has 1 atom stereocenters. The minimum absolute atomic E-state index is 0.0757. The largest absolute Gasteiger partial charge is 0.378 e. The van der Waals surface area contributed by atoms with Crippen molar-refractivity contribution in [3.05, 3.63) is 28.0 Å². The molecule has 0 spiro atoms. The van der Waals surface area contributed by atoms with E-state index in [1.165, 1.54) is 0 Å². The van der Waals surface area contributed by atoms with E-state index in [1.807, 2.05) is 0 Å². The van der Waals surface area contributed by atoms with Gasteiger partial charge in [0.2, 0.25) is 0 Å². The summed E-state index contributed by atoms with van der Waals surface area (Å²) >= 11 is 12.0. The highest BCUT2D eigenvalue weighted by molar-refractivity contribution is 6.35. The fraction of sp³-hybridized carbons (Fsp3) is 0.444. The van der Waals surface area contributed by atoms with Gasteiger partial charge in [-0.25, -0.2) is 0 Å². The quantitative estimate of drug-likeness (QED) is 0.805. The van der Waals surface area contributed by atoms with E-state index in [2.05, 4.69) is 10.3 Å². The highest BCUT2D eigenvalue weighted by Crippen LogP contribution is 2.30. The lowest BCUT2D eigenvalue weighted by Crippen LogP contribution is -2.34. The van der Waals surface area contributed by atoms with Crippen molar-refractivity contribution in [3.8, 4) is 0 Å². The van der Waals surface area contributed by atoms with Gasteiger partial charge in [-0.2, -0.15) is 0 Å². The third-order valence-electron chi connectivity index (χ3n) is 2.16. The van der Waals surface area contributed by atoms with Crippen LogP contribution in [-0.2, 0) is 4.74 Å². The van der Waals surface area contributed by atoms with E-state index in [1.54, 1.807) is 12.4 Å². The summed E-state index contributed by atoms with van der Waals surface area (Å²) in [7, 11) is 0. The molecule has 3 nitrogen and oxygen atoms in total. The molecule has 2 heterocycles. The van der Waals surface area contributed by atoms with Crippen LogP contribution in [0.2, 0.25) is 10.0 Å². The molecule has 0 bridgehead atoms. The van der Waals surface area contributed by atoms with Crippen LogP contribution in [0.25, 0.3) is 0 Å². The maximum Gasteiger partial charge on any atom is 0.0663 e. The van der Waals surface area contributed by atoms with Gasteiger partial charge in [-0.3, -0.25) is 4.98 Å². The number of aromatic nitrogens is 1. The number of ether oxygens (including phenoxy) is 1. The first-order valence-corrected chi connectivity index (χ1v) is 5.14. The maximum absolute atomic E-state index is 6.02. The van der Waals surface area contributed by atoms with Crippen LogP contribution in [-0.4, -0.2) is 24.7 Å². The molecular formula is C9H10Cl2N2O. The summed E-state index contributed by atoms with van der Waals surface area (Å²) in [5, 5.41) is 4.46. The van der Waals surface area contributed by atoms with Crippen LogP contribution < -0.4 is 5.32 Å². The van der Waals surface area contributed by atoms with Crippen molar-refractivity contribution in [1.29, 1.82) is 0 Å². The van der Waals surface area contributed by atoms with E-state index >= 15 is 0 Å². The Kier molecular flexibility index (Phi) is 3.23. The van der Waals surface area contributed by atoms with Crippen LogP contribution in [0.3, 0.4) is 0 Å². The molecule has 1 aromatic heterocycles. The maximum atomic E-state index is 6.02. The molecule has 0 aliphatic carbocycles. The summed E-state index contributed by atoms with van der Waals surface area (Å²) in [4.78, 5) is 3.91. The first-order chi connectivity index (χ1) is 6.79. The molecule has 2 rings (SSSR count). The molecule has 5 heteroatoms. The molecule has 0 aromatic carbocycles. The number of hydrogen-bond donors (Lipinski definition) is 1. The Morgan fingerprint density at radius 1 is 1.36 bits per heavy atom. The van der Waals surface area contributed by atoms with Gasteiger partial charge in [0.05, 0.1) is 29.3 Å². The van der Waals surface area contributed by atoms with E-state index in [4.69, 9.17) is 27.9 Å².